The van der Waals surface area contributed by atoms with Crippen molar-refractivity contribution in [2.24, 2.45) is 0 Å². The Balaban J connectivity index is 1.68. The monoisotopic (exact) mass is 284 g/mol. The maximum atomic E-state index is 12.6. The standard InChI is InChI=1S/C18H24N2O/c1-13-6-5-7-14(2)20(13)18(21)11-10-15-12-19-17-9-4-3-8-16(15)17/h3-4,8-9,12-14,19H,5-7,10-11H2,1-2H3/t13-,14+. The molecule has 2 aromatic rings. The summed E-state index contributed by atoms with van der Waals surface area (Å²) in [6.07, 6.45) is 7.00. The summed E-state index contributed by atoms with van der Waals surface area (Å²) in [6, 6.07) is 9.07. The number of likely N-dealkylation sites (tertiary alicyclic amines) is 1. The zero-order chi connectivity index (χ0) is 14.8. The summed E-state index contributed by atoms with van der Waals surface area (Å²) in [5, 5.41) is 1.24. The van der Waals surface area contributed by atoms with Gasteiger partial charge in [-0.2, -0.15) is 0 Å². The van der Waals surface area contributed by atoms with Crippen molar-refractivity contribution >= 4 is 16.8 Å². The number of H-pyrrole nitrogens is 1. The van der Waals surface area contributed by atoms with Crippen LogP contribution in [-0.2, 0) is 11.2 Å². The van der Waals surface area contributed by atoms with Gasteiger partial charge in [0, 0.05) is 35.6 Å². The van der Waals surface area contributed by atoms with Gasteiger partial charge in [0.25, 0.3) is 0 Å². The summed E-state index contributed by atoms with van der Waals surface area (Å²) in [7, 11) is 0. The SMILES string of the molecule is C[C@@H]1CCC[C@H](C)N1C(=O)CCc1c[nH]c2ccccc12. The third-order valence-electron chi connectivity index (χ3n) is 4.76. The minimum atomic E-state index is 0.306. The van der Waals surface area contributed by atoms with E-state index in [1.54, 1.807) is 0 Å². The number of para-hydroxylation sites is 1. The number of fused-ring (bicyclic) bond motifs is 1. The van der Waals surface area contributed by atoms with Crippen LogP contribution in [0.4, 0.5) is 0 Å². The number of amides is 1. The highest BCUT2D eigenvalue weighted by atomic mass is 16.2. The molecule has 1 aliphatic rings. The molecule has 1 saturated heterocycles. The van der Waals surface area contributed by atoms with Crippen molar-refractivity contribution in [2.75, 3.05) is 0 Å². The maximum Gasteiger partial charge on any atom is 0.223 e. The number of aromatic amines is 1. The number of nitrogens with zero attached hydrogens (tertiary/aromatic N) is 1. The van der Waals surface area contributed by atoms with E-state index >= 15 is 0 Å². The number of rotatable bonds is 3. The van der Waals surface area contributed by atoms with Gasteiger partial charge in [-0.25, -0.2) is 0 Å². The molecule has 0 radical (unpaired) electrons. The van der Waals surface area contributed by atoms with Crippen molar-refractivity contribution in [3.05, 3.63) is 36.0 Å². The Morgan fingerprint density at radius 1 is 1.24 bits per heavy atom. The molecular weight excluding hydrogens is 260 g/mol. The van der Waals surface area contributed by atoms with E-state index in [1.807, 2.05) is 12.3 Å². The Hall–Kier alpha value is -1.77. The topological polar surface area (TPSA) is 36.1 Å². The first-order chi connectivity index (χ1) is 10.2. The molecule has 1 N–H and O–H groups in total. The minimum absolute atomic E-state index is 0.306. The Morgan fingerprint density at radius 2 is 1.95 bits per heavy atom. The number of aryl methyl sites for hydroxylation is 1. The molecule has 1 fully saturated rings. The molecule has 1 amide bonds. The van der Waals surface area contributed by atoms with Gasteiger partial charge >= 0.3 is 0 Å². The fraction of sp³-hybridized carbons (Fsp3) is 0.500. The van der Waals surface area contributed by atoms with Crippen molar-refractivity contribution in [2.45, 2.75) is 58.0 Å². The average molecular weight is 284 g/mol. The highest BCUT2D eigenvalue weighted by molar-refractivity contribution is 5.84. The van der Waals surface area contributed by atoms with Crippen LogP contribution in [0.3, 0.4) is 0 Å². The normalized spacial score (nSPS) is 22.7. The van der Waals surface area contributed by atoms with Gasteiger partial charge in [-0.05, 0) is 51.2 Å². The van der Waals surface area contributed by atoms with Gasteiger partial charge in [-0.15, -0.1) is 0 Å². The van der Waals surface area contributed by atoms with Gasteiger partial charge in [-0.3, -0.25) is 4.79 Å². The second kappa shape index (κ2) is 5.92. The lowest BCUT2D eigenvalue weighted by Crippen LogP contribution is -2.47. The largest absolute Gasteiger partial charge is 0.361 e. The van der Waals surface area contributed by atoms with E-state index in [-0.39, 0.29) is 0 Å². The highest BCUT2D eigenvalue weighted by Gasteiger charge is 2.28. The van der Waals surface area contributed by atoms with Crippen LogP contribution in [0.1, 0.15) is 45.1 Å². The van der Waals surface area contributed by atoms with E-state index in [2.05, 4.69) is 41.9 Å². The van der Waals surface area contributed by atoms with Crippen molar-refractivity contribution in [3.63, 3.8) is 0 Å². The summed E-state index contributed by atoms with van der Waals surface area (Å²) in [5.41, 5.74) is 2.40. The minimum Gasteiger partial charge on any atom is -0.361 e. The molecule has 0 aliphatic carbocycles. The van der Waals surface area contributed by atoms with Crippen molar-refractivity contribution < 1.29 is 4.79 Å². The predicted molar refractivity (Wildman–Crippen MR) is 86.2 cm³/mol. The van der Waals surface area contributed by atoms with Gasteiger partial charge in [0.15, 0.2) is 0 Å². The summed E-state index contributed by atoms with van der Waals surface area (Å²) < 4.78 is 0. The highest BCUT2D eigenvalue weighted by Crippen LogP contribution is 2.24. The zero-order valence-electron chi connectivity index (χ0n) is 12.9. The molecule has 21 heavy (non-hydrogen) atoms. The number of hydrogen-bond donors (Lipinski definition) is 1. The van der Waals surface area contributed by atoms with Crippen LogP contribution >= 0.6 is 0 Å². The average Bonchev–Trinajstić information content (AvgIpc) is 2.88. The number of hydrogen-bond acceptors (Lipinski definition) is 1. The maximum absolute atomic E-state index is 12.6. The molecule has 1 aromatic carbocycles. The molecule has 0 bridgehead atoms. The first kappa shape index (κ1) is 14.2. The summed E-state index contributed by atoms with van der Waals surface area (Å²) >= 11 is 0. The first-order valence-corrected chi connectivity index (χ1v) is 8.03. The van der Waals surface area contributed by atoms with E-state index in [1.165, 1.54) is 17.4 Å². The molecule has 1 aliphatic heterocycles. The Morgan fingerprint density at radius 3 is 2.71 bits per heavy atom. The van der Waals surface area contributed by atoms with Crippen molar-refractivity contribution in [1.82, 2.24) is 9.88 Å². The molecule has 0 saturated carbocycles. The molecule has 0 unspecified atom stereocenters. The van der Waals surface area contributed by atoms with Crippen LogP contribution in [0, 0.1) is 0 Å². The number of carbonyl (C=O) groups is 1. The predicted octanol–water partition coefficient (Wildman–Crippen LogP) is 3.89. The van der Waals surface area contributed by atoms with Gasteiger partial charge in [-0.1, -0.05) is 18.2 Å². The van der Waals surface area contributed by atoms with Crippen LogP contribution in [0.5, 0.6) is 0 Å². The molecule has 2 atom stereocenters. The second-order valence-corrected chi connectivity index (χ2v) is 6.29. The van der Waals surface area contributed by atoms with Gasteiger partial charge in [0.1, 0.15) is 0 Å². The van der Waals surface area contributed by atoms with Crippen LogP contribution in [0.15, 0.2) is 30.5 Å². The molecule has 0 spiro atoms. The molecule has 3 nitrogen and oxygen atoms in total. The third kappa shape index (κ3) is 2.82. The molecular formula is C18H24N2O. The lowest BCUT2D eigenvalue weighted by atomic mass is 9.96. The molecule has 1 aromatic heterocycles. The quantitative estimate of drug-likeness (QED) is 0.912. The van der Waals surface area contributed by atoms with Crippen LogP contribution in [0.25, 0.3) is 10.9 Å². The summed E-state index contributed by atoms with van der Waals surface area (Å²) in [6.45, 7) is 4.36. The van der Waals surface area contributed by atoms with E-state index in [4.69, 9.17) is 0 Å². The number of nitrogens with one attached hydrogen (secondary N) is 1. The van der Waals surface area contributed by atoms with E-state index < -0.39 is 0 Å². The molecule has 3 rings (SSSR count). The lowest BCUT2D eigenvalue weighted by Gasteiger charge is -2.39. The van der Waals surface area contributed by atoms with Crippen molar-refractivity contribution in [3.8, 4) is 0 Å². The molecule has 2 heterocycles. The lowest BCUT2D eigenvalue weighted by molar-refractivity contribution is -0.137. The Kier molecular flexibility index (Phi) is 4.00. The van der Waals surface area contributed by atoms with E-state index in [9.17, 15) is 4.79 Å². The van der Waals surface area contributed by atoms with E-state index in [0.717, 1.165) is 24.8 Å². The number of carbonyl (C=O) groups excluding carboxylic acids is 1. The molecule has 3 heteroatoms. The van der Waals surface area contributed by atoms with Crippen LogP contribution < -0.4 is 0 Å². The Labute approximate surface area is 126 Å². The smallest absolute Gasteiger partial charge is 0.223 e. The number of aromatic nitrogens is 1. The molecule has 112 valence electrons. The second-order valence-electron chi connectivity index (χ2n) is 6.29. The summed E-state index contributed by atoms with van der Waals surface area (Å²) in [4.78, 5) is 18.0. The zero-order valence-corrected chi connectivity index (χ0v) is 12.9. The van der Waals surface area contributed by atoms with E-state index in [0.29, 0.717) is 24.4 Å². The van der Waals surface area contributed by atoms with Crippen molar-refractivity contribution in [1.29, 1.82) is 0 Å². The number of piperidine rings is 1. The fourth-order valence-corrected chi connectivity index (χ4v) is 3.62. The third-order valence-corrected chi connectivity index (χ3v) is 4.76. The van der Waals surface area contributed by atoms with Gasteiger partial charge in [0.2, 0.25) is 5.91 Å². The first-order valence-electron chi connectivity index (χ1n) is 8.03. The fourth-order valence-electron chi connectivity index (χ4n) is 3.62. The number of benzene rings is 1. The van der Waals surface area contributed by atoms with Crippen LogP contribution in [0.2, 0.25) is 0 Å². The van der Waals surface area contributed by atoms with Gasteiger partial charge in [0.05, 0.1) is 0 Å². The van der Waals surface area contributed by atoms with Crippen LogP contribution in [-0.4, -0.2) is 27.9 Å². The van der Waals surface area contributed by atoms with Gasteiger partial charge < -0.3 is 9.88 Å². The summed E-state index contributed by atoms with van der Waals surface area (Å²) in [5.74, 6) is 0.306. The Bertz CT molecular complexity index is 621.